The van der Waals surface area contributed by atoms with Crippen molar-refractivity contribution in [1.82, 2.24) is 9.78 Å². The van der Waals surface area contributed by atoms with Gasteiger partial charge in [-0.1, -0.05) is 17.7 Å². The highest BCUT2D eigenvalue weighted by atomic mass is 35.5. The Bertz CT molecular complexity index is 783. The zero-order valence-corrected chi connectivity index (χ0v) is 13.6. The molecule has 2 aliphatic rings. The standard InChI is InChI=1S/C17H19ClN4O/c18-10-5-6-11-12(7-8-20-15(11)9-10)17(23)22-16(19)13-3-1-2-4-14(13)21-22/h5-6,9,12,20H,1-4,7-8,19H2. The fourth-order valence-electron chi connectivity index (χ4n) is 3.64. The van der Waals surface area contributed by atoms with Gasteiger partial charge in [0.1, 0.15) is 5.82 Å². The first kappa shape index (κ1) is 14.6. The van der Waals surface area contributed by atoms with Gasteiger partial charge in [-0.05, 0) is 49.8 Å². The van der Waals surface area contributed by atoms with Crippen LogP contribution < -0.4 is 11.1 Å². The molecule has 1 aromatic carbocycles. The number of rotatable bonds is 1. The predicted molar refractivity (Wildman–Crippen MR) is 91.2 cm³/mol. The maximum Gasteiger partial charge on any atom is 0.256 e. The number of carbonyl (C=O) groups excluding carboxylic acids is 1. The third-order valence-corrected chi connectivity index (χ3v) is 5.08. The fourth-order valence-corrected chi connectivity index (χ4v) is 3.81. The number of anilines is 2. The van der Waals surface area contributed by atoms with E-state index in [1.54, 1.807) is 0 Å². The normalized spacial score (nSPS) is 19.6. The lowest BCUT2D eigenvalue weighted by atomic mass is 9.90. The van der Waals surface area contributed by atoms with Crippen molar-refractivity contribution < 1.29 is 4.79 Å². The van der Waals surface area contributed by atoms with E-state index in [1.165, 1.54) is 4.68 Å². The molecule has 4 rings (SSSR count). The van der Waals surface area contributed by atoms with Gasteiger partial charge in [0, 0.05) is 22.8 Å². The molecule has 0 fully saturated rings. The van der Waals surface area contributed by atoms with Crippen LogP contribution in [0.15, 0.2) is 18.2 Å². The maximum absolute atomic E-state index is 13.0. The molecule has 0 amide bonds. The highest BCUT2D eigenvalue weighted by Crippen LogP contribution is 2.35. The van der Waals surface area contributed by atoms with Gasteiger partial charge in [0.15, 0.2) is 0 Å². The zero-order valence-electron chi connectivity index (χ0n) is 12.8. The van der Waals surface area contributed by atoms with Crippen molar-refractivity contribution in [3.63, 3.8) is 0 Å². The van der Waals surface area contributed by atoms with Crippen LogP contribution in [0, 0.1) is 0 Å². The lowest BCUT2D eigenvalue weighted by Crippen LogP contribution is -2.28. The van der Waals surface area contributed by atoms with Crippen LogP contribution in [-0.4, -0.2) is 22.2 Å². The Morgan fingerprint density at radius 2 is 2.17 bits per heavy atom. The molecular formula is C17H19ClN4O. The molecule has 23 heavy (non-hydrogen) atoms. The van der Waals surface area contributed by atoms with Crippen LogP contribution in [0.5, 0.6) is 0 Å². The smallest absolute Gasteiger partial charge is 0.256 e. The van der Waals surface area contributed by atoms with E-state index in [-0.39, 0.29) is 11.8 Å². The third-order valence-electron chi connectivity index (χ3n) is 4.84. The van der Waals surface area contributed by atoms with E-state index in [4.69, 9.17) is 17.3 Å². The SMILES string of the molecule is Nc1c2c(nn1C(=O)C1CCNc3cc(Cl)ccc31)CCCC2. The van der Waals surface area contributed by atoms with Crippen molar-refractivity contribution in [3.8, 4) is 0 Å². The molecular weight excluding hydrogens is 312 g/mol. The van der Waals surface area contributed by atoms with Crippen LogP contribution in [0.4, 0.5) is 11.5 Å². The van der Waals surface area contributed by atoms with E-state index < -0.39 is 0 Å². The molecule has 1 unspecified atom stereocenters. The molecule has 0 bridgehead atoms. The third kappa shape index (κ3) is 2.39. The minimum Gasteiger partial charge on any atom is -0.385 e. The van der Waals surface area contributed by atoms with Crippen LogP contribution in [0.2, 0.25) is 5.02 Å². The number of aromatic nitrogens is 2. The summed E-state index contributed by atoms with van der Waals surface area (Å²) in [6, 6.07) is 5.62. The number of nitrogen functional groups attached to an aromatic ring is 1. The summed E-state index contributed by atoms with van der Waals surface area (Å²) >= 11 is 6.05. The Hall–Kier alpha value is -2.01. The number of halogens is 1. The second-order valence-corrected chi connectivity index (χ2v) is 6.70. The molecule has 0 radical (unpaired) electrons. The molecule has 1 aromatic heterocycles. The topological polar surface area (TPSA) is 72.9 Å². The van der Waals surface area contributed by atoms with Gasteiger partial charge in [-0.3, -0.25) is 4.79 Å². The predicted octanol–water partition coefficient (Wildman–Crippen LogP) is 3.24. The summed E-state index contributed by atoms with van der Waals surface area (Å²) in [6.45, 7) is 0.741. The first-order chi connectivity index (χ1) is 11.1. The number of aryl methyl sites for hydroxylation is 1. The van der Waals surface area contributed by atoms with Gasteiger partial charge in [-0.25, -0.2) is 0 Å². The van der Waals surface area contributed by atoms with Gasteiger partial charge < -0.3 is 11.1 Å². The number of benzene rings is 1. The summed E-state index contributed by atoms with van der Waals surface area (Å²) in [7, 11) is 0. The number of fused-ring (bicyclic) bond motifs is 2. The van der Waals surface area contributed by atoms with Crippen molar-refractivity contribution in [2.24, 2.45) is 0 Å². The second kappa shape index (κ2) is 5.57. The highest BCUT2D eigenvalue weighted by Gasteiger charge is 2.31. The lowest BCUT2D eigenvalue weighted by molar-refractivity contribution is 0.0859. The van der Waals surface area contributed by atoms with Crippen molar-refractivity contribution in [2.45, 2.75) is 38.0 Å². The monoisotopic (exact) mass is 330 g/mol. The average Bonchev–Trinajstić information content (AvgIpc) is 2.91. The summed E-state index contributed by atoms with van der Waals surface area (Å²) in [6.07, 6.45) is 4.81. The van der Waals surface area contributed by atoms with Crippen molar-refractivity contribution in [2.75, 3.05) is 17.6 Å². The minimum atomic E-state index is -0.229. The van der Waals surface area contributed by atoms with Gasteiger partial charge in [-0.2, -0.15) is 9.78 Å². The van der Waals surface area contributed by atoms with Crippen molar-refractivity contribution in [1.29, 1.82) is 0 Å². The van der Waals surface area contributed by atoms with Crippen molar-refractivity contribution >= 4 is 29.0 Å². The number of nitrogens with zero attached hydrogens (tertiary/aromatic N) is 2. The van der Waals surface area contributed by atoms with Gasteiger partial charge >= 0.3 is 0 Å². The first-order valence-electron chi connectivity index (χ1n) is 8.09. The van der Waals surface area contributed by atoms with Gasteiger partial charge in [0.25, 0.3) is 5.91 Å². The van der Waals surface area contributed by atoms with E-state index >= 15 is 0 Å². The first-order valence-corrected chi connectivity index (χ1v) is 8.46. The molecule has 120 valence electrons. The fraction of sp³-hybridized carbons (Fsp3) is 0.412. The number of hydrogen-bond acceptors (Lipinski definition) is 4. The van der Waals surface area contributed by atoms with E-state index in [2.05, 4.69) is 10.4 Å². The Labute approximate surface area is 139 Å². The molecule has 2 heterocycles. The molecule has 0 spiro atoms. The maximum atomic E-state index is 13.0. The minimum absolute atomic E-state index is 0.0398. The molecule has 1 atom stereocenters. The summed E-state index contributed by atoms with van der Waals surface area (Å²) < 4.78 is 1.43. The second-order valence-electron chi connectivity index (χ2n) is 6.27. The van der Waals surface area contributed by atoms with E-state index in [9.17, 15) is 4.79 Å². The van der Waals surface area contributed by atoms with Gasteiger partial charge in [-0.15, -0.1) is 0 Å². The molecule has 0 saturated carbocycles. The van der Waals surface area contributed by atoms with E-state index in [0.717, 1.165) is 61.2 Å². The Kier molecular flexibility index (Phi) is 3.53. The van der Waals surface area contributed by atoms with Crippen LogP contribution in [-0.2, 0) is 12.8 Å². The summed E-state index contributed by atoms with van der Waals surface area (Å²) in [4.78, 5) is 13.0. The quantitative estimate of drug-likeness (QED) is 0.842. The zero-order chi connectivity index (χ0) is 16.0. The number of nitrogens with two attached hydrogens (primary N) is 1. The largest absolute Gasteiger partial charge is 0.385 e. The van der Waals surface area contributed by atoms with Crippen LogP contribution in [0.1, 0.15) is 46.8 Å². The molecule has 0 saturated heterocycles. The van der Waals surface area contributed by atoms with Crippen LogP contribution in [0.3, 0.4) is 0 Å². The van der Waals surface area contributed by atoms with Crippen LogP contribution >= 0.6 is 11.6 Å². The average molecular weight is 331 g/mol. The van der Waals surface area contributed by atoms with E-state index in [0.29, 0.717) is 10.8 Å². The van der Waals surface area contributed by atoms with Gasteiger partial charge in [0.05, 0.1) is 11.6 Å². The summed E-state index contributed by atoms with van der Waals surface area (Å²) in [5.74, 6) is 0.257. The van der Waals surface area contributed by atoms with Crippen LogP contribution in [0.25, 0.3) is 0 Å². The molecule has 3 N–H and O–H groups in total. The molecule has 2 aromatic rings. The highest BCUT2D eigenvalue weighted by molar-refractivity contribution is 6.30. The number of carbonyl (C=O) groups is 1. The van der Waals surface area contributed by atoms with Gasteiger partial charge in [0.2, 0.25) is 0 Å². The lowest BCUT2D eigenvalue weighted by Gasteiger charge is -2.25. The Morgan fingerprint density at radius 3 is 3.00 bits per heavy atom. The molecule has 1 aliphatic carbocycles. The van der Waals surface area contributed by atoms with Crippen molar-refractivity contribution in [3.05, 3.63) is 40.0 Å². The Balaban J connectivity index is 1.72. The summed E-state index contributed by atoms with van der Waals surface area (Å²) in [5.41, 5.74) is 10.2. The number of nitrogens with one attached hydrogen (secondary N) is 1. The number of hydrogen-bond donors (Lipinski definition) is 2. The summed E-state index contributed by atoms with van der Waals surface area (Å²) in [5, 5.41) is 8.48. The Morgan fingerprint density at radius 1 is 1.35 bits per heavy atom. The molecule has 6 heteroatoms. The molecule has 5 nitrogen and oxygen atoms in total. The molecule has 1 aliphatic heterocycles. The van der Waals surface area contributed by atoms with E-state index in [1.807, 2.05) is 18.2 Å².